The Morgan fingerprint density at radius 2 is 2.12 bits per heavy atom. The number of carboxylic acids is 1. The minimum atomic E-state index is -0.780. The van der Waals surface area contributed by atoms with Crippen LogP contribution in [0.25, 0.3) is 0 Å². The standard InChI is InChI=1S/C19H26O5/c1-19(2)23-13-14(9-5-4-6-12-17(20)21)18(24-19)15-10-7-8-11-16(15)22-3/h4-5,7-8,10-11,14,18H,6,9,12-13H2,1-3H3,(H,20,21)/t14-,18+/m1/s1. The molecule has 1 aromatic carbocycles. The second kappa shape index (κ2) is 8.31. The van der Waals surface area contributed by atoms with Crippen molar-refractivity contribution in [2.45, 2.75) is 45.0 Å². The van der Waals surface area contributed by atoms with E-state index >= 15 is 0 Å². The van der Waals surface area contributed by atoms with E-state index in [2.05, 4.69) is 0 Å². The summed E-state index contributed by atoms with van der Waals surface area (Å²) in [5, 5.41) is 8.68. The topological polar surface area (TPSA) is 65.0 Å². The molecule has 0 unspecified atom stereocenters. The number of ether oxygens (including phenoxy) is 3. The predicted molar refractivity (Wildman–Crippen MR) is 91.0 cm³/mol. The van der Waals surface area contributed by atoms with Crippen LogP contribution >= 0.6 is 0 Å². The van der Waals surface area contributed by atoms with Crippen LogP contribution in [0.4, 0.5) is 0 Å². The molecule has 1 aromatic rings. The Morgan fingerprint density at radius 3 is 2.83 bits per heavy atom. The Hall–Kier alpha value is -1.85. The van der Waals surface area contributed by atoms with Gasteiger partial charge in [0.25, 0.3) is 0 Å². The van der Waals surface area contributed by atoms with Gasteiger partial charge in [-0.2, -0.15) is 0 Å². The van der Waals surface area contributed by atoms with Gasteiger partial charge >= 0.3 is 5.97 Å². The van der Waals surface area contributed by atoms with Crippen LogP contribution < -0.4 is 4.74 Å². The molecule has 0 aromatic heterocycles. The molecule has 1 N–H and O–H groups in total. The van der Waals surface area contributed by atoms with Crippen LogP contribution in [-0.2, 0) is 14.3 Å². The summed E-state index contributed by atoms with van der Waals surface area (Å²) < 4.78 is 17.5. The van der Waals surface area contributed by atoms with E-state index in [1.807, 2.05) is 50.3 Å². The average molecular weight is 334 g/mol. The monoisotopic (exact) mass is 334 g/mol. The van der Waals surface area contributed by atoms with E-state index < -0.39 is 11.8 Å². The first-order valence-corrected chi connectivity index (χ1v) is 8.24. The fourth-order valence-corrected chi connectivity index (χ4v) is 2.84. The van der Waals surface area contributed by atoms with Crippen LogP contribution in [0, 0.1) is 5.92 Å². The molecule has 132 valence electrons. The minimum absolute atomic E-state index is 0.131. The van der Waals surface area contributed by atoms with Crippen molar-refractivity contribution in [2.75, 3.05) is 13.7 Å². The maximum atomic E-state index is 10.6. The maximum Gasteiger partial charge on any atom is 0.303 e. The number of methoxy groups -OCH3 is 1. The Kier molecular flexibility index (Phi) is 6.40. The van der Waals surface area contributed by atoms with Gasteiger partial charge in [0.1, 0.15) is 5.75 Å². The van der Waals surface area contributed by atoms with E-state index in [1.165, 1.54) is 0 Å². The quantitative estimate of drug-likeness (QED) is 0.765. The molecule has 0 amide bonds. The van der Waals surface area contributed by atoms with Gasteiger partial charge < -0.3 is 19.3 Å². The molecule has 0 spiro atoms. The maximum absolute atomic E-state index is 10.6. The number of hydrogen-bond donors (Lipinski definition) is 1. The first-order chi connectivity index (χ1) is 11.4. The fraction of sp³-hybridized carbons (Fsp3) is 0.526. The SMILES string of the molecule is COc1ccccc1[C@H]1OC(C)(C)OC[C@H]1CC=CCCC(=O)O. The van der Waals surface area contributed by atoms with E-state index in [-0.39, 0.29) is 18.4 Å². The highest BCUT2D eigenvalue weighted by Crippen LogP contribution is 2.41. The molecule has 5 heteroatoms. The lowest BCUT2D eigenvalue weighted by molar-refractivity contribution is -0.295. The Labute approximate surface area is 143 Å². The number of carboxylic acid groups (broad SMARTS) is 1. The van der Waals surface area contributed by atoms with Crippen molar-refractivity contribution in [3.8, 4) is 5.75 Å². The molecular formula is C19H26O5. The first-order valence-electron chi connectivity index (χ1n) is 8.24. The molecule has 1 fully saturated rings. The van der Waals surface area contributed by atoms with Gasteiger partial charge in [-0.15, -0.1) is 0 Å². The fourth-order valence-electron chi connectivity index (χ4n) is 2.84. The molecule has 5 nitrogen and oxygen atoms in total. The molecule has 2 atom stereocenters. The molecule has 1 heterocycles. The van der Waals surface area contributed by atoms with Crippen molar-refractivity contribution >= 4 is 5.97 Å². The van der Waals surface area contributed by atoms with E-state index in [0.717, 1.165) is 17.7 Å². The highest BCUT2D eigenvalue weighted by Gasteiger charge is 2.37. The summed E-state index contributed by atoms with van der Waals surface area (Å²) in [4.78, 5) is 10.6. The summed E-state index contributed by atoms with van der Waals surface area (Å²) >= 11 is 0. The normalized spacial score (nSPS) is 23.3. The van der Waals surface area contributed by atoms with Gasteiger partial charge in [-0.3, -0.25) is 4.79 Å². The second-order valence-electron chi connectivity index (χ2n) is 6.39. The van der Waals surface area contributed by atoms with Gasteiger partial charge in [-0.25, -0.2) is 0 Å². The number of benzene rings is 1. The second-order valence-corrected chi connectivity index (χ2v) is 6.39. The molecule has 0 bridgehead atoms. The summed E-state index contributed by atoms with van der Waals surface area (Å²) in [6.07, 6.45) is 5.24. The van der Waals surface area contributed by atoms with Crippen LogP contribution in [-0.4, -0.2) is 30.6 Å². The van der Waals surface area contributed by atoms with Gasteiger partial charge in [0.15, 0.2) is 5.79 Å². The van der Waals surface area contributed by atoms with Crippen LogP contribution in [0.3, 0.4) is 0 Å². The molecule has 0 aliphatic carbocycles. The Balaban J connectivity index is 2.11. The van der Waals surface area contributed by atoms with E-state index in [0.29, 0.717) is 13.0 Å². The van der Waals surface area contributed by atoms with Crippen LogP contribution in [0.1, 0.15) is 44.8 Å². The number of aliphatic carboxylic acids is 1. The number of hydrogen-bond acceptors (Lipinski definition) is 4. The van der Waals surface area contributed by atoms with Gasteiger partial charge in [0, 0.05) is 17.9 Å². The number of rotatable bonds is 7. The van der Waals surface area contributed by atoms with E-state index in [1.54, 1.807) is 7.11 Å². The summed E-state index contributed by atoms with van der Waals surface area (Å²) in [7, 11) is 1.66. The lowest BCUT2D eigenvalue weighted by Crippen LogP contribution is -2.41. The zero-order chi connectivity index (χ0) is 17.6. The van der Waals surface area contributed by atoms with E-state index in [9.17, 15) is 4.79 Å². The number of carbonyl (C=O) groups is 1. The molecule has 1 aliphatic heterocycles. The molecule has 24 heavy (non-hydrogen) atoms. The smallest absolute Gasteiger partial charge is 0.303 e. The molecule has 0 radical (unpaired) electrons. The summed E-state index contributed by atoms with van der Waals surface area (Å²) in [6.45, 7) is 4.40. The van der Waals surface area contributed by atoms with E-state index in [4.69, 9.17) is 19.3 Å². The highest BCUT2D eigenvalue weighted by atomic mass is 16.7. The molecule has 2 rings (SSSR count). The summed E-state index contributed by atoms with van der Waals surface area (Å²) in [5.74, 6) is -0.470. The Morgan fingerprint density at radius 1 is 1.38 bits per heavy atom. The highest BCUT2D eigenvalue weighted by molar-refractivity contribution is 5.66. The van der Waals surface area contributed by atoms with Crippen LogP contribution in [0.15, 0.2) is 36.4 Å². The predicted octanol–water partition coefficient (Wildman–Crippen LogP) is 3.95. The largest absolute Gasteiger partial charge is 0.496 e. The molecular weight excluding hydrogens is 308 g/mol. The van der Waals surface area contributed by atoms with Crippen molar-refractivity contribution in [1.82, 2.24) is 0 Å². The zero-order valence-electron chi connectivity index (χ0n) is 14.5. The van der Waals surface area contributed by atoms with Crippen molar-refractivity contribution < 1.29 is 24.1 Å². The third kappa shape index (κ3) is 5.08. The Bertz CT molecular complexity index is 579. The molecule has 1 aliphatic rings. The third-order valence-electron chi connectivity index (χ3n) is 4.06. The summed E-state index contributed by atoms with van der Waals surface area (Å²) in [6, 6.07) is 7.87. The van der Waals surface area contributed by atoms with Crippen molar-refractivity contribution in [2.24, 2.45) is 5.92 Å². The van der Waals surface area contributed by atoms with Gasteiger partial charge in [-0.05, 0) is 32.8 Å². The van der Waals surface area contributed by atoms with Crippen LogP contribution in [0.2, 0.25) is 0 Å². The number of para-hydroxylation sites is 1. The summed E-state index contributed by atoms with van der Waals surface area (Å²) in [5.41, 5.74) is 1.01. The lowest BCUT2D eigenvalue weighted by atomic mass is 9.91. The van der Waals surface area contributed by atoms with Crippen molar-refractivity contribution in [3.05, 3.63) is 42.0 Å². The van der Waals surface area contributed by atoms with Crippen molar-refractivity contribution in [1.29, 1.82) is 0 Å². The zero-order valence-corrected chi connectivity index (χ0v) is 14.5. The molecule has 1 saturated heterocycles. The first kappa shape index (κ1) is 18.5. The lowest BCUT2D eigenvalue weighted by Gasteiger charge is -2.41. The minimum Gasteiger partial charge on any atom is -0.496 e. The molecule has 0 saturated carbocycles. The van der Waals surface area contributed by atoms with Gasteiger partial charge in [-0.1, -0.05) is 30.4 Å². The average Bonchev–Trinajstić information content (AvgIpc) is 2.55. The van der Waals surface area contributed by atoms with Gasteiger partial charge in [0.05, 0.1) is 19.8 Å². The van der Waals surface area contributed by atoms with Crippen LogP contribution in [0.5, 0.6) is 5.75 Å². The van der Waals surface area contributed by atoms with Crippen molar-refractivity contribution in [3.63, 3.8) is 0 Å². The third-order valence-corrected chi connectivity index (χ3v) is 4.06. The van der Waals surface area contributed by atoms with Gasteiger partial charge in [0.2, 0.25) is 0 Å². The number of allylic oxidation sites excluding steroid dienone is 2.